The van der Waals surface area contributed by atoms with E-state index in [-0.39, 0.29) is 18.9 Å². The highest BCUT2D eigenvalue weighted by Crippen LogP contribution is 2.59. The highest BCUT2D eigenvalue weighted by atomic mass is 16.7. The second-order valence-corrected chi connectivity index (χ2v) is 7.53. The fourth-order valence-corrected chi connectivity index (χ4v) is 5.34. The van der Waals surface area contributed by atoms with Crippen LogP contribution >= 0.6 is 0 Å². The molecule has 0 saturated carbocycles. The van der Waals surface area contributed by atoms with Crippen molar-refractivity contribution in [2.45, 2.75) is 36.3 Å². The van der Waals surface area contributed by atoms with E-state index >= 15 is 0 Å². The molecule has 0 amide bonds. The van der Waals surface area contributed by atoms with Gasteiger partial charge >= 0.3 is 0 Å². The molecule has 0 spiro atoms. The van der Waals surface area contributed by atoms with Gasteiger partial charge in [-0.25, -0.2) is 0 Å². The van der Waals surface area contributed by atoms with Crippen LogP contribution < -0.4 is 9.47 Å². The number of benzene rings is 1. The first kappa shape index (κ1) is 14.7. The smallest absolute Gasteiger partial charge is 0.231 e. The molecular formula is C18H22NO5+. The molecule has 6 heteroatoms. The Morgan fingerprint density at radius 3 is 2.75 bits per heavy atom. The minimum atomic E-state index is -0.700. The molecule has 3 heterocycles. The van der Waals surface area contributed by atoms with Crippen LogP contribution in [0.5, 0.6) is 11.5 Å². The van der Waals surface area contributed by atoms with Crippen LogP contribution in [0.2, 0.25) is 0 Å². The average molecular weight is 332 g/mol. The number of hydrogen-bond acceptors (Lipinski definition) is 5. The number of ether oxygens (including phenoxy) is 3. The Morgan fingerprint density at radius 1 is 1.25 bits per heavy atom. The zero-order valence-corrected chi connectivity index (χ0v) is 13.8. The van der Waals surface area contributed by atoms with E-state index in [1.807, 2.05) is 25.3 Å². The number of hydrogen-bond donors (Lipinski definition) is 2. The normalized spacial score (nSPS) is 44.3. The van der Waals surface area contributed by atoms with Crippen LogP contribution in [-0.2, 0) is 10.2 Å². The van der Waals surface area contributed by atoms with Crippen molar-refractivity contribution in [3.63, 3.8) is 0 Å². The predicted octanol–water partition coefficient (Wildman–Crippen LogP) is 0.822. The lowest BCUT2D eigenvalue weighted by molar-refractivity contribution is -0.976. The summed E-state index contributed by atoms with van der Waals surface area (Å²) in [5, 5.41) is 22.2. The number of rotatable bonds is 1. The Bertz CT molecular complexity index is 749. The summed E-state index contributed by atoms with van der Waals surface area (Å²) in [5.74, 6) is 1.35. The highest BCUT2D eigenvalue weighted by Gasteiger charge is 2.69. The molecule has 1 fully saturated rings. The van der Waals surface area contributed by atoms with E-state index < -0.39 is 17.7 Å². The predicted molar refractivity (Wildman–Crippen MR) is 84.6 cm³/mol. The summed E-state index contributed by atoms with van der Waals surface area (Å²) in [6, 6.07) is 3.89. The first-order chi connectivity index (χ1) is 11.5. The van der Waals surface area contributed by atoms with Crippen molar-refractivity contribution >= 4 is 0 Å². The van der Waals surface area contributed by atoms with E-state index in [1.165, 1.54) is 0 Å². The Morgan fingerprint density at radius 2 is 2.00 bits per heavy atom. The number of quaternary nitrogens is 1. The van der Waals surface area contributed by atoms with E-state index in [2.05, 4.69) is 6.08 Å². The Balaban J connectivity index is 1.79. The van der Waals surface area contributed by atoms with Crippen molar-refractivity contribution in [2.24, 2.45) is 0 Å². The van der Waals surface area contributed by atoms with E-state index in [1.54, 1.807) is 7.11 Å². The molecular weight excluding hydrogens is 310 g/mol. The van der Waals surface area contributed by atoms with Gasteiger partial charge in [-0.3, -0.25) is 4.48 Å². The van der Waals surface area contributed by atoms with Crippen LogP contribution in [0.4, 0.5) is 0 Å². The topological polar surface area (TPSA) is 68.2 Å². The third kappa shape index (κ3) is 1.51. The summed E-state index contributed by atoms with van der Waals surface area (Å²) in [5.41, 5.74) is 1.27. The van der Waals surface area contributed by atoms with Crippen molar-refractivity contribution in [1.82, 2.24) is 0 Å². The molecule has 6 atom stereocenters. The van der Waals surface area contributed by atoms with Gasteiger partial charge in [0.05, 0.1) is 18.6 Å². The van der Waals surface area contributed by atoms with Crippen LogP contribution in [0.1, 0.15) is 23.8 Å². The van der Waals surface area contributed by atoms with Gasteiger partial charge in [-0.15, -0.1) is 0 Å². The summed E-state index contributed by atoms with van der Waals surface area (Å²) < 4.78 is 17.0. The maximum atomic E-state index is 11.2. The quantitative estimate of drug-likeness (QED) is 0.589. The van der Waals surface area contributed by atoms with Gasteiger partial charge in [0.15, 0.2) is 11.5 Å². The second-order valence-electron chi connectivity index (χ2n) is 7.53. The van der Waals surface area contributed by atoms with Gasteiger partial charge in [-0.2, -0.15) is 0 Å². The standard InChI is InChI=1S/C18H22NO5/c1-19-8-16(20)18(4-3-10(22-2)5-15(18)19)12-7-14-13(23-9-24-14)6-11(12)17(19)21/h3-4,6-7,10,15-17,20-21H,5,8-9H2,1-2H3/q+1/t10-,15+,16+,17-,18+,19?/m1/s1. The Labute approximate surface area is 140 Å². The average Bonchev–Trinajstić information content (AvgIpc) is 3.12. The lowest BCUT2D eigenvalue weighted by Gasteiger charge is -2.51. The molecule has 128 valence electrons. The number of likely N-dealkylation sites (N-methyl/N-ethyl adjacent to an activating group) is 1. The third-order valence-electron chi connectivity index (χ3n) is 6.57. The molecule has 1 saturated heterocycles. The summed E-state index contributed by atoms with van der Waals surface area (Å²) in [6.45, 7) is 0.703. The molecule has 1 aliphatic carbocycles. The highest BCUT2D eigenvalue weighted by molar-refractivity contribution is 5.56. The van der Waals surface area contributed by atoms with Crippen molar-refractivity contribution < 1.29 is 28.9 Å². The van der Waals surface area contributed by atoms with Gasteiger partial charge in [-0.1, -0.05) is 12.2 Å². The molecule has 1 unspecified atom stereocenters. The molecule has 1 aromatic rings. The van der Waals surface area contributed by atoms with E-state index in [4.69, 9.17) is 14.2 Å². The summed E-state index contributed by atoms with van der Waals surface area (Å²) >= 11 is 0. The third-order valence-corrected chi connectivity index (χ3v) is 6.57. The summed E-state index contributed by atoms with van der Waals surface area (Å²) in [6.07, 6.45) is 3.66. The van der Waals surface area contributed by atoms with Crippen LogP contribution in [0.3, 0.4) is 0 Å². The van der Waals surface area contributed by atoms with E-state index in [0.717, 1.165) is 17.5 Å². The molecule has 2 bridgehead atoms. The van der Waals surface area contributed by atoms with Crippen molar-refractivity contribution in [3.05, 3.63) is 35.4 Å². The van der Waals surface area contributed by atoms with Gasteiger partial charge in [0.25, 0.3) is 0 Å². The molecule has 6 nitrogen and oxygen atoms in total. The molecule has 0 radical (unpaired) electrons. The number of nitrogens with zero attached hydrogens (tertiary/aromatic N) is 1. The first-order valence-corrected chi connectivity index (χ1v) is 8.38. The van der Waals surface area contributed by atoms with Crippen LogP contribution in [-0.4, -0.2) is 60.4 Å². The minimum Gasteiger partial charge on any atom is -0.454 e. The van der Waals surface area contributed by atoms with E-state index in [0.29, 0.717) is 22.5 Å². The van der Waals surface area contributed by atoms with Crippen molar-refractivity contribution in [1.29, 1.82) is 0 Å². The monoisotopic (exact) mass is 332 g/mol. The Hall–Kier alpha value is -1.60. The molecule has 0 aromatic heterocycles. The Kier molecular flexibility index (Phi) is 2.77. The number of methoxy groups -OCH3 is 1. The maximum Gasteiger partial charge on any atom is 0.231 e. The first-order valence-electron chi connectivity index (χ1n) is 8.38. The van der Waals surface area contributed by atoms with Crippen LogP contribution in [0.25, 0.3) is 0 Å². The summed E-state index contributed by atoms with van der Waals surface area (Å²) in [7, 11) is 3.73. The number of aliphatic hydroxyl groups is 2. The van der Waals surface area contributed by atoms with Crippen molar-refractivity contribution in [3.8, 4) is 11.5 Å². The van der Waals surface area contributed by atoms with Crippen LogP contribution in [0, 0.1) is 0 Å². The van der Waals surface area contributed by atoms with Gasteiger partial charge < -0.3 is 24.4 Å². The molecule has 3 aliphatic heterocycles. The van der Waals surface area contributed by atoms with Gasteiger partial charge in [0.1, 0.15) is 18.7 Å². The summed E-state index contributed by atoms with van der Waals surface area (Å²) in [4.78, 5) is 0. The fraction of sp³-hybridized carbons (Fsp3) is 0.556. The lowest BCUT2D eigenvalue weighted by Crippen LogP contribution is -2.61. The minimum absolute atomic E-state index is 0.00800. The molecule has 24 heavy (non-hydrogen) atoms. The maximum absolute atomic E-state index is 11.2. The van der Waals surface area contributed by atoms with E-state index in [9.17, 15) is 10.2 Å². The zero-order chi connectivity index (χ0) is 16.7. The molecule has 1 aromatic carbocycles. The number of fused-ring (bicyclic) bond motifs is 2. The van der Waals surface area contributed by atoms with Gasteiger partial charge in [-0.05, 0) is 17.7 Å². The lowest BCUT2D eigenvalue weighted by atomic mass is 9.64. The second kappa shape index (κ2) is 4.52. The SMILES string of the molecule is CO[C@@H]1C=C[C@@]23c4cc5c(cc4[C@@H](O)[N+](C)(C[C@@H]2O)[C@H]3C1)OCO5. The number of aliphatic hydroxyl groups excluding tert-OH is 2. The van der Waals surface area contributed by atoms with Crippen LogP contribution in [0.15, 0.2) is 24.3 Å². The molecule has 2 N–H and O–H groups in total. The van der Waals surface area contributed by atoms with Crippen molar-refractivity contribution in [2.75, 3.05) is 27.5 Å². The largest absolute Gasteiger partial charge is 0.454 e. The van der Waals surface area contributed by atoms with Gasteiger partial charge in [0, 0.05) is 19.1 Å². The van der Waals surface area contributed by atoms with Gasteiger partial charge in [0.2, 0.25) is 13.0 Å². The molecule has 4 aliphatic rings. The molecule has 5 rings (SSSR count). The fourth-order valence-electron chi connectivity index (χ4n) is 5.34. The zero-order valence-electron chi connectivity index (χ0n) is 13.8.